The highest BCUT2D eigenvalue weighted by Crippen LogP contribution is 2.43. The molecule has 0 aromatic carbocycles. The summed E-state index contributed by atoms with van der Waals surface area (Å²) in [5.74, 6) is 0.955. The van der Waals surface area contributed by atoms with E-state index in [0.29, 0.717) is 11.8 Å². The molecule has 4 unspecified atom stereocenters. The fourth-order valence-electron chi connectivity index (χ4n) is 4.09. The number of nitrogens with two attached hydrogens (primary N) is 1. The average molecular weight is 349 g/mol. The van der Waals surface area contributed by atoms with Crippen molar-refractivity contribution in [3.8, 4) is 11.3 Å². The van der Waals surface area contributed by atoms with E-state index < -0.39 is 11.9 Å². The van der Waals surface area contributed by atoms with E-state index >= 15 is 0 Å². The lowest BCUT2D eigenvalue weighted by Crippen LogP contribution is -2.24. The number of alkyl halides is 3. The summed E-state index contributed by atoms with van der Waals surface area (Å²) in [6.45, 7) is 0.896. The molecule has 1 saturated heterocycles. The predicted molar refractivity (Wildman–Crippen MR) is 85.2 cm³/mol. The Balaban J connectivity index is 1.62. The van der Waals surface area contributed by atoms with Crippen LogP contribution in [0.25, 0.3) is 11.3 Å². The van der Waals surface area contributed by atoms with Gasteiger partial charge >= 0.3 is 6.18 Å². The molecule has 25 heavy (non-hydrogen) atoms. The number of rotatable bonds is 2. The Morgan fingerprint density at radius 1 is 1.12 bits per heavy atom. The smallest absolute Gasteiger partial charge is 0.328 e. The van der Waals surface area contributed by atoms with Gasteiger partial charge in [0.2, 0.25) is 0 Å². The number of nitrogens with zero attached hydrogens (tertiary/aromatic N) is 3. The van der Waals surface area contributed by atoms with Crippen LogP contribution in [0, 0.1) is 11.8 Å². The van der Waals surface area contributed by atoms with Gasteiger partial charge in [0.25, 0.3) is 0 Å². The highest BCUT2D eigenvalue weighted by atomic mass is 19.4. The van der Waals surface area contributed by atoms with Crippen molar-refractivity contribution >= 4 is 0 Å². The van der Waals surface area contributed by atoms with Crippen molar-refractivity contribution in [3.05, 3.63) is 41.9 Å². The lowest BCUT2D eigenvalue weighted by atomic mass is 9.92. The fraction of sp³-hybridized carbons (Fsp3) is 0.471. The molecule has 0 bridgehead atoms. The highest BCUT2D eigenvalue weighted by Gasteiger charge is 2.43. The molecule has 4 atom stereocenters. The van der Waals surface area contributed by atoms with Crippen molar-refractivity contribution < 1.29 is 13.2 Å². The van der Waals surface area contributed by atoms with Gasteiger partial charge in [0, 0.05) is 17.8 Å². The van der Waals surface area contributed by atoms with E-state index in [1.165, 1.54) is 12.1 Å². The monoisotopic (exact) mass is 349 g/mol. The average Bonchev–Trinajstić information content (AvgIpc) is 3.13. The Kier molecular flexibility index (Phi) is 3.96. The van der Waals surface area contributed by atoms with Crippen LogP contribution in [0.1, 0.15) is 30.3 Å². The Hall–Kier alpha value is -2.06. The molecule has 2 aromatic rings. The second-order valence-corrected chi connectivity index (χ2v) is 6.78. The number of aromatic nitrogens is 3. The number of fused-ring (bicyclic) bond motifs is 1. The van der Waals surface area contributed by atoms with Crippen LogP contribution in [0.2, 0.25) is 0 Å². The lowest BCUT2D eigenvalue weighted by molar-refractivity contribution is -0.140. The second kappa shape index (κ2) is 6.03. The highest BCUT2D eigenvalue weighted by molar-refractivity contribution is 5.62. The molecule has 0 spiro atoms. The molecular formula is C17H18F3N5. The minimum Gasteiger partial charge on any atom is -0.328 e. The Morgan fingerprint density at radius 3 is 2.68 bits per heavy atom. The van der Waals surface area contributed by atoms with Gasteiger partial charge in [-0.3, -0.25) is 4.98 Å². The van der Waals surface area contributed by atoms with Gasteiger partial charge in [-0.25, -0.2) is 0 Å². The topological polar surface area (TPSA) is 76.7 Å². The summed E-state index contributed by atoms with van der Waals surface area (Å²) in [5.41, 5.74) is 5.96. The van der Waals surface area contributed by atoms with Crippen molar-refractivity contribution in [2.24, 2.45) is 17.6 Å². The van der Waals surface area contributed by atoms with Crippen molar-refractivity contribution in [1.29, 1.82) is 0 Å². The summed E-state index contributed by atoms with van der Waals surface area (Å²) in [7, 11) is 0. The van der Waals surface area contributed by atoms with Gasteiger partial charge in [-0.05, 0) is 55.5 Å². The molecule has 1 aliphatic carbocycles. The third kappa shape index (κ3) is 3.00. The third-order valence-corrected chi connectivity index (χ3v) is 5.17. The van der Waals surface area contributed by atoms with E-state index in [1.54, 1.807) is 12.1 Å². The van der Waals surface area contributed by atoms with Gasteiger partial charge in [-0.2, -0.15) is 23.4 Å². The van der Waals surface area contributed by atoms with Gasteiger partial charge < -0.3 is 11.1 Å². The van der Waals surface area contributed by atoms with Crippen LogP contribution in [0.4, 0.5) is 13.2 Å². The zero-order valence-corrected chi connectivity index (χ0v) is 13.4. The van der Waals surface area contributed by atoms with E-state index in [0.717, 1.165) is 31.3 Å². The number of hydrogen-bond acceptors (Lipinski definition) is 5. The van der Waals surface area contributed by atoms with Crippen LogP contribution < -0.4 is 11.1 Å². The van der Waals surface area contributed by atoms with Crippen LogP contribution >= 0.6 is 0 Å². The standard InChI is InChI=1S/C17H18F3N5/c18-17(19,20)16-11(2-1-5-22-16)13-3-4-14(25-24-13)15-12-7-10(21)6-9(12)8-23-15/h1-5,9-10,12,15,23H,6-8,21H2. The van der Waals surface area contributed by atoms with E-state index in [4.69, 9.17) is 5.73 Å². The number of pyridine rings is 1. The predicted octanol–water partition coefficient (Wildman–Crippen LogP) is 2.56. The van der Waals surface area contributed by atoms with Crippen LogP contribution in [-0.4, -0.2) is 27.8 Å². The van der Waals surface area contributed by atoms with Crippen molar-refractivity contribution in [1.82, 2.24) is 20.5 Å². The molecule has 2 fully saturated rings. The molecule has 3 heterocycles. The SMILES string of the molecule is NC1CC2CNC(c3ccc(-c4cccnc4C(F)(F)F)nn3)C2C1. The molecule has 0 amide bonds. The van der Waals surface area contributed by atoms with E-state index in [2.05, 4.69) is 20.5 Å². The van der Waals surface area contributed by atoms with Gasteiger partial charge in [0.1, 0.15) is 0 Å². The Labute approximate surface area is 142 Å². The molecule has 3 N–H and O–H groups in total. The van der Waals surface area contributed by atoms with Gasteiger partial charge in [-0.1, -0.05) is 0 Å². The van der Waals surface area contributed by atoms with Crippen molar-refractivity contribution in [2.45, 2.75) is 31.1 Å². The van der Waals surface area contributed by atoms with Crippen LogP contribution in [-0.2, 0) is 6.18 Å². The Bertz CT molecular complexity index is 762. The summed E-state index contributed by atoms with van der Waals surface area (Å²) in [5, 5.41) is 11.7. The number of nitrogens with one attached hydrogen (secondary N) is 1. The molecule has 4 rings (SSSR count). The fourth-order valence-corrected chi connectivity index (χ4v) is 4.09. The Morgan fingerprint density at radius 2 is 1.96 bits per heavy atom. The van der Waals surface area contributed by atoms with Crippen molar-refractivity contribution in [2.75, 3.05) is 6.54 Å². The maximum Gasteiger partial charge on any atom is 0.434 e. The van der Waals surface area contributed by atoms with E-state index in [9.17, 15) is 13.2 Å². The lowest BCUT2D eigenvalue weighted by Gasteiger charge is -2.18. The van der Waals surface area contributed by atoms with E-state index in [-0.39, 0.29) is 23.3 Å². The molecule has 132 valence electrons. The summed E-state index contributed by atoms with van der Waals surface area (Å²) >= 11 is 0. The largest absolute Gasteiger partial charge is 0.434 e. The first-order valence-electron chi connectivity index (χ1n) is 8.28. The normalized spacial score (nSPS) is 29.0. The quantitative estimate of drug-likeness (QED) is 0.871. The van der Waals surface area contributed by atoms with Crippen molar-refractivity contribution in [3.63, 3.8) is 0 Å². The molecule has 8 heteroatoms. The van der Waals surface area contributed by atoms with Gasteiger partial charge in [0.15, 0.2) is 5.69 Å². The number of halogens is 3. The van der Waals surface area contributed by atoms with Crippen LogP contribution in [0.5, 0.6) is 0 Å². The molecule has 1 aliphatic heterocycles. The first-order chi connectivity index (χ1) is 11.9. The number of hydrogen-bond donors (Lipinski definition) is 2. The van der Waals surface area contributed by atoms with Crippen LogP contribution in [0.15, 0.2) is 30.5 Å². The first-order valence-corrected chi connectivity index (χ1v) is 8.28. The van der Waals surface area contributed by atoms with Gasteiger partial charge in [0.05, 0.1) is 17.4 Å². The maximum atomic E-state index is 13.1. The zero-order chi connectivity index (χ0) is 17.6. The minimum absolute atomic E-state index is 0.0609. The summed E-state index contributed by atoms with van der Waals surface area (Å²) in [6, 6.07) is 6.44. The zero-order valence-electron chi connectivity index (χ0n) is 13.4. The molecule has 5 nitrogen and oxygen atoms in total. The molecule has 2 aliphatic rings. The van der Waals surface area contributed by atoms with Gasteiger partial charge in [-0.15, -0.1) is 0 Å². The first kappa shape index (κ1) is 16.4. The molecular weight excluding hydrogens is 331 g/mol. The summed E-state index contributed by atoms with van der Waals surface area (Å²) in [4.78, 5) is 3.46. The maximum absolute atomic E-state index is 13.1. The van der Waals surface area contributed by atoms with E-state index in [1.807, 2.05) is 0 Å². The molecule has 0 radical (unpaired) electrons. The second-order valence-electron chi connectivity index (χ2n) is 6.78. The minimum atomic E-state index is -4.53. The van der Waals surface area contributed by atoms with Crippen LogP contribution in [0.3, 0.4) is 0 Å². The molecule has 1 saturated carbocycles. The molecule has 2 aromatic heterocycles. The summed E-state index contributed by atoms with van der Waals surface area (Å²) < 4.78 is 39.3. The summed E-state index contributed by atoms with van der Waals surface area (Å²) in [6.07, 6.45) is -1.46. The third-order valence-electron chi connectivity index (χ3n) is 5.17.